The van der Waals surface area contributed by atoms with Crippen LogP contribution in [0.2, 0.25) is 0 Å². The van der Waals surface area contributed by atoms with Crippen molar-refractivity contribution >= 4 is 34.1 Å². The third-order valence-corrected chi connectivity index (χ3v) is 6.06. The molecule has 0 N–H and O–H groups in total. The van der Waals surface area contributed by atoms with Gasteiger partial charge in [0.15, 0.2) is 0 Å². The van der Waals surface area contributed by atoms with Gasteiger partial charge in [-0.05, 0) is 36.4 Å². The molecule has 2 aromatic heterocycles. The Labute approximate surface area is 181 Å². The summed E-state index contributed by atoms with van der Waals surface area (Å²) in [5.74, 6) is 0.905. The minimum atomic E-state index is 0.00448. The second-order valence-electron chi connectivity index (χ2n) is 8.71. The van der Waals surface area contributed by atoms with Crippen molar-refractivity contribution in [2.45, 2.75) is 13.8 Å². The highest BCUT2D eigenvalue weighted by molar-refractivity contribution is 5.96. The molecule has 2 heterocycles. The Bertz CT molecular complexity index is 1490. The fourth-order valence-corrected chi connectivity index (χ4v) is 4.48. The van der Waals surface area contributed by atoms with Gasteiger partial charge in [-0.15, -0.1) is 0 Å². The highest BCUT2D eigenvalue weighted by Crippen LogP contribution is 2.37. The van der Waals surface area contributed by atoms with Crippen LogP contribution in [0.5, 0.6) is 0 Å². The number of aromatic nitrogens is 3. The molecule has 0 atom stereocenters. The second-order valence-corrected chi connectivity index (χ2v) is 8.71. The number of nitrogens with zero attached hydrogens (tertiary/aromatic N) is 3. The molecule has 0 fully saturated rings. The van der Waals surface area contributed by atoms with Gasteiger partial charge in [-0.2, -0.15) is 0 Å². The zero-order chi connectivity index (χ0) is 21.0. The van der Waals surface area contributed by atoms with Crippen molar-refractivity contribution in [3.63, 3.8) is 0 Å². The largest absolute Gasteiger partial charge is 0.279 e. The van der Waals surface area contributed by atoms with E-state index in [0.717, 1.165) is 33.9 Å². The van der Waals surface area contributed by atoms with E-state index in [1.165, 1.54) is 10.9 Å². The van der Waals surface area contributed by atoms with Crippen molar-refractivity contribution in [3.8, 4) is 11.6 Å². The fraction of sp³-hybridized carbons (Fsp3) is 0.107. The van der Waals surface area contributed by atoms with Gasteiger partial charge < -0.3 is 0 Å². The zero-order valence-corrected chi connectivity index (χ0v) is 17.7. The number of hydrogen-bond donors (Lipinski definition) is 0. The van der Waals surface area contributed by atoms with Crippen LogP contribution in [0.3, 0.4) is 0 Å². The Hall–Kier alpha value is -3.85. The van der Waals surface area contributed by atoms with Crippen LogP contribution in [0, 0.1) is 5.41 Å². The average molecular weight is 402 g/mol. The predicted molar refractivity (Wildman–Crippen MR) is 130 cm³/mol. The molecule has 3 heteroatoms. The lowest BCUT2D eigenvalue weighted by Gasteiger charge is -2.14. The summed E-state index contributed by atoms with van der Waals surface area (Å²) in [6.45, 7) is 4.47. The molecule has 0 saturated heterocycles. The lowest BCUT2D eigenvalue weighted by molar-refractivity contribution is 0.633. The number of para-hydroxylation sites is 4. The van der Waals surface area contributed by atoms with Crippen LogP contribution >= 0.6 is 0 Å². The van der Waals surface area contributed by atoms with Crippen LogP contribution in [0.25, 0.3) is 45.7 Å². The average Bonchev–Trinajstić information content (AvgIpc) is 3.27. The summed E-state index contributed by atoms with van der Waals surface area (Å²) in [4.78, 5) is 5.12. The minimum Gasteiger partial charge on any atom is -0.279 e. The van der Waals surface area contributed by atoms with Gasteiger partial charge in [0, 0.05) is 22.1 Å². The monoisotopic (exact) mass is 401 g/mol. The minimum absolute atomic E-state index is 0.00448. The molecule has 0 bridgehead atoms. The molecule has 1 aliphatic rings. The van der Waals surface area contributed by atoms with Crippen LogP contribution in [0.1, 0.15) is 25.1 Å². The number of fused-ring (bicyclic) bond motifs is 4. The number of imidazole rings is 1. The summed E-state index contributed by atoms with van der Waals surface area (Å²) in [6.07, 6.45) is 9.08. The van der Waals surface area contributed by atoms with E-state index < -0.39 is 0 Å². The molecule has 6 rings (SSSR count). The van der Waals surface area contributed by atoms with E-state index in [4.69, 9.17) is 4.98 Å². The molecule has 0 saturated carbocycles. The first-order valence-electron chi connectivity index (χ1n) is 10.7. The van der Waals surface area contributed by atoms with Crippen LogP contribution in [0.15, 0.2) is 91.0 Å². The maximum atomic E-state index is 5.12. The first-order valence-corrected chi connectivity index (χ1v) is 10.7. The predicted octanol–water partition coefficient (Wildman–Crippen LogP) is 7.04. The number of allylic oxidation sites excluding steroid dienone is 2. The lowest BCUT2D eigenvalue weighted by atomic mass is 9.93. The van der Waals surface area contributed by atoms with E-state index in [2.05, 4.69) is 120 Å². The molecule has 5 aromatic rings. The summed E-state index contributed by atoms with van der Waals surface area (Å²) in [5.41, 5.74) is 6.76. The molecule has 1 aliphatic carbocycles. The van der Waals surface area contributed by atoms with Crippen LogP contribution in [-0.2, 0) is 0 Å². The van der Waals surface area contributed by atoms with Crippen molar-refractivity contribution in [1.29, 1.82) is 0 Å². The molecule has 0 unspecified atom stereocenters. The van der Waals surface area contributed by atoms with Gasteiger partial charge in [0.1, 0.15) is 0 Å². The molecular formula is C28H23N3. The van der Waals surface area contributed by atoms with Crippen molar-refractivity contribution in [1.82, 2.24) is 14.1 Å². The first-order chi connectivity index (χ1) is 15.1. The van der Waals surface area contributed by atoms with Gasteiger partial charge in [-0.1, -0.05) is 80.6 Å². The Morgan fingerprint density at radius 2 is 1.35 bits per heavy atom. The van der Waals surface area contributed by atoms with Crippen LogP contribution in [-0.4, -0.2) is 14.1 Å². The molecule has 0 spiro atoms. The van der Waals surface area contributed by atoms with E-state index in [0.29, 0.717) is 0 Å². The maximum Gasteiger partial charge on any atom is 0.220 e. The molecule has 3 aromatic carbocycles. The fourth-order valence-electron chi connectivity index (χ4n) is 4.48. The lowest BCUT2D eigenvalue weighted by Crippen LogP contribution is -2.07. The standard InChI is InChI=1S/C28H23N3/c1-28(2)18-16-22-21-12-6-8-14-24(21)31(25(22)17-19-28)27-29-23-13-7-9-15-26(23)30(27)20-10-4-3-5-11-20/h3-19H,1-2H3. The Balaban J connectivity index is 1.76. The van der Waals surface area contributed by atoms with Gasteiger partial charge in [0.25, 0.3) is 0 Å². The Morgan fingerprint density at radius 3 is 2.19 bits per heavy atom. The van der Waals surface area contributed by atoms with Gasteiger partial charge in [0.05, 0.1) is 22.2 Å². The highest BCUT2D eigenvalue weighted by Gasteiger charge is 2.23. The molecule has 0 amide bonds. The third-order valence-electron chi connectivity index (χ3n) is 6.06. The van der Waals surface area contributed by atoms with Crippen molar-refractivity contribution in [2.75, 3.05) is 0 Å². The van der Waals surface area contributed by atoms with Crippen molar-refractivity contribution in [2.24, 2.45) is 5.41 Å². The molecular weight excluding hydrogens is 378 g/mol. The van der Waals surface area contributed by atoms with Crippen LogP contribution < -0.4 is 0 Å². The van der Waals surface area contributed by atoms with Gasteiger partial charge in [0.2, 0.25) is 5.95 Å². The quantitative estimate of drug-likeness (QED) is 0.311. The molecule has 150 valence electrons. The SMILES string of the molecule is CC1(C)C=Cc2c(n(-c3nc4ccccc4n3-c3ccccc3)c3ccccc23)C=C1. The molecule has 31 heavy (non-hydrogen) atoms. The topological polar surface area (TPSA) is 22.8 Å². The van der Waals surface area contributed by atoms with Crippen molar-refractivity contribution < 1.29 is 0 Å². The van der Waals surface area contributed by atoms with E-state index >= 15 is 0 Å². The Morgan fingerprint density at radius 1 is 0.677 bits per heavy atom. The number of rotatable bonds is 2. The highest BCUT2D eigenvalue weighted by atomic mass is 15.3. The number of hydrogen-bond acceptors (Lipinski definition) is 1. The summed E-state index contributed by atoms with van der Waals surface area (Å²) < 4.78 is 4.57. The van der Waals surface area contributed by atoms with Gasteiger partial charge in [-0.3, -0.25) is 9.13 Å². The molecule has 3 nitrogen and oxygen atoms in total. The molecule has 0 aliphatic heterocycles. The first kappa shape index (κ1) is 18.0. The summed E-state index contributed by atoms with van der Waals surface area (Å²) in [6, 6.07) is 27.4. The van der Waals surface area contributed by atoms with E-state index in [1.54, 1.807) is 0 Å². The molecule has 0 radical (unpaired) electrons. The normalized spacial score (nSPS) is 14.8. The van der Waals surface area contributed by atoms with Crippen LogP contribution in [0.4, 0.5) is 0 Å². The van der Waals surface area contributed by atoms with E-state index in [-0.39, 0.29) is 5.41 Å². The van der Waals surface area contributed by atoms with Crippen molar-refractivity contribution in [3.05, 3.63) is 102 Å². The maximum absolute atomic E-state index is 5.12. The summed E-state index contributed by atoms with van der Waals surface area (Å²) >= 11 is 0. The summed E-state index contributed by atoms with van der Waals surface area (Å²) in [5, 5.41) is 1.24. The third kappa shape index (κ3) is 2.77. The van der Waals surface area contributed by atoms with Gasteiger partial charge >= 0.3 is 0 Å². The number of benzene rings is 3. The van der Waals surface area contributed by atoms with E-state index in [9.17, 15) is 0 Å². The van der Waals surface area contributed by atoms with E-state index in [1.807, 2.05) is 6.07 Å². The zero-order valence-electron chi connectivity index (χ0n) is 17.7. The van der Waals surface area contributed by atoms with Gasteiger partial charge in [-0.25, -0.2) is 4.98 Å². The smallest absolute Gasteiger partial charge is 0.220 e. The Kier molecular flexibility index (Phi) is 3.81. The summed E-state index contributed by atoms with van der Waals surface area (Å²) in [7, 11) is 0. The second kappa shape index (κ2) is 6.58.